The van der Waals surface area contributed by atoms with E-state index in [0.717, 1.165) is 65.9 Å². The largest absolute Gasteiger partial charge is 0.416 e. The topological polar surface area (TPSA) is 33.6 Å². The third-order valence-corrected chi connectivity index (χ3v) is 11.3. The minimum atomic E-state index is -4.56. The SMILES string of the molecule is Cc1ccc(-c2ccc3c(c2)c2ccccc2n3-c2cc(-c3cc(C)cc(C(F)(F)F)c3)c(-n3c4ccccc4c4cc(-c5ccccc5)ccc43)cc2C#N)cc1. The van der Waals surface area contributed by atoms with E-state index < -0.39 is 11.7 Å². The van der Waals surface area contributed by atoms with Crippen molar-refractivity contribution < 1.29 is 13.2 Å². The van der Waals surface area contributed by atoms with E-state index >= 15 is 0 Å². The standard InChI is InChI=1S/C52H34F3N3/c1-32-16-18-35(19-17-32)37-21-22-48-44(28-37)41-12-6-8-14-46(41)57(48)50-30-43(38-24-33(2)25-40(26-38)52(53,54)55)51(29-39(50)31-56)58-47-15-9-7-13-42(47)45-27-36(20-23-49(45)58)34-10-4-3-5-11-34/h3-30H,1-2H3. The molecule has 58 heavy (non-hydrogen) atoms. The highest BCUT2D eigenvalue weighted by Gasteiger charge is 2.32. The van der Waals surface area contributed by atoms with Gasteiger partial charge in [0.15, 0.2) is 0 Å². The van der Waals surface area contributed by atoms with E-state index in [0.29, 0.717) is 33.6 Å². The number of alkyl halides is 3. The maximum atomic E-state index is 14.5. The van der Waals surface area contributed by atoms with Crippen LogP contribution in [0.25, 0.3) is 88.4 Å². The molecule has 0 amide bonds. The zero-order chi connectivity index (χ0) is 39.7. The summed E-state index contributed by atoms with van der Waals surface area (Å²) in [5.74, 6) is 0. The zero-order valence-corrected chi connectivity index (χ0v) is 31.6. The molecule has 0 aliphatic rings. The molecule has 0 saturated carbocycles. The Morgan fingerprint density at radius 3 is 1.53 bits per heavy atom. The lowest BCUT2D eigenvalue weighted by molar-refractivity contribution is -0.137. The lowest BCUT2D eigenvalue weighted by atomic mass is 9.96. The van der Waals surface area contributed by atoms with E-state index in [1.165, 1.54) is 17.7 Å². The van der Waals surface area contributed by atoms with Gasteiger partial charge in [-0.15, -0.1) is 0 Å². The Labute approximate surface area is 333 Å². The van der Waals surface area contributed by atoms with Crippen LogP contribution < -0.4 is 0 Å². The fourth-order valence-electron chi connectivity index (χ4n) is 8.57. The molecular weight excluding hydrogens is 724 g/mol. The van der Waals surface area contributed by atoms with Crippen molar-refractivity contribution in [3.63, 3.8) is 0 Å². The number of hydrogen-bond donors (Lipinski definition) is 0. The average Bonchev–Trinajstić information content (AvgIpc) is 3.75. The van der Waals surface area contributed by atoms with Gasteiger partial charge in [0.2, 0.25) is 0 Å². The molecule has 0 N–H and O–H groups in total. The van der Waals surface area contributed by atoms with Crippen molar-refractivity contribution in [1.82, 2.24) is 9.13 Å². The molecule has 0 atom stereocenters. The predicted molar refractivity (Wildman–Crippen MR) is 231 cm³/mol. The van der Waals surface area contributed by atoms with Crippen molar-refractivity contribution in [2.45, 2.75) is 20.0 Å². The molecule has 0 aliphatic heterocycles. The fourth-order valence-corrected chi connectivity index (χ4v) is 8.57. The second-order valence-corrected chi connectivity index (χ2v) is 15.0. The molecule has 10 rings (SSSR count). The summed E-state index contributed by atoms with van der Waals surface area (Å²) in [5.41, 5.74) is 11.3. The molecule has 0 radical (unpaired) electrons. The van der Waals surface area contributed by atoms with Crippen LogP contribution in [0.15, 0.2) is 170 Å². The number of aromatic nitrogens is 2. The van der Waals surface area contributed by atoms with Crippen LogP contribution >= 0.6 is 0 Å². The van der Waals surface area contributed by atoms with Crippen LogP contribution in [-0.2, 0) is 6.18 Å². The number of para-hydroxylation sites is 2. The van der Waals surface area contributed by atoms with Crippen molar-refractivity contribution in [1.29, 1.82) is 5.26 Å². The van der Waals surface area contributed by atoms with Crippen LogP contribution in [0.1, 0.15) is 22.3 Å². The molecular formula is C52H34F3N3. The van der Waals surface area contributed by atoms with Crippen molar-refractivity contribution in [2.24, 2.45) is 0 Å². The van der Waals surface area contributed by atoms with Crippen LogP contribution in [0.5, 0.6) is 0 Å². The van der Waals surface area contributed by atoms with Gasteiger partial charge < -0.3 is 9.13 Å². The molecule has 0 fully saturated rings. The van der Waals surface area contributed by atoms with Gasteiger partial charge in [-0.2, -0.15) is 18.4 Å². The predicted octanol–water partition coefficient (Wildman–Crippen LogP) is 14.4. The van der Waals surface area contributed by atoms with E-state index in [9.17, 15) is 18.4 Å². The summed E-state index contributed by atoms with van der Waals surface area (Å²) in [4.78, 5) is 0. The Kier molecular flexibility index (Phi) is 8.10. The van der Waals surface area contributed by atoms with Crippen LogP contribution in [0.4, 0.5) is 13.2 Å². The van der Waals surface area contributed by atoms with E-state index in [1.807, 2.05) is 66.7 Å². The van der Waals surface area contributed by atoms with E-state index in [4.69, 9.17) is 0 Å². The van der Waals surface area contributed by atoms with Crippen molar-refractivity contribution >= 4 is 43.6 Å². The Bertz CT molecular complexity index is 3290. The summed E-state index contributed by atoms with van der Waals surface area (Å²) < 4.78 is 47.7. The normalized spacial score (nSPS) is 11.9. The molecule has 0 spiro atoms. The number of halogens is 3. The second kappa shape index (κ2) is 13.4. The first-order valence-electron chi connectivity index (χ1n) is 19.1. The van der Waals surface area contributed by atoms with Gasteiger partial charge in [-0.25, -0.2) is 0 Å². The number of benzene rings is 8. The lowest BCUT2D eigenvalue weighted by Crippen LogP contribution is -2.07. The van der Waals surface area contributed by atoms with Gasteiger partial charge in [-0.05, 0) is 108 Å². The summed E-state index contributed by atoms with van der Waals surface area (Å²) in [5, 5.41) is 15.0. The van der Waals surface area contributed by atoms with Gasteiger partial charge in [-0.1, -0.05) is 115 Å². The van der Waals surface area contributed by atoms with Gasteiger partial charge >= 0.3 is 6.18 Å². The Hall–Kier alpha value is -7.36. The molecule has 2 heterocycles. The number of rotatable bonds is 5. The van der Waals surface area contributed by atoms with E-state index in [1.54, 1.807) is 13.0 Å². The number of hydrogen-bond acceptors (Lipinski definition) is 1. The summed E-state index contributed by atoms with van der Waals surface area (Å²) in [7, 11) is 0. The monoisotopic (exact) mass is 757 g/mol. The molecule has 0 unspecified atom stereocenters. The Morgan fingerprint density at radius 2 is 0.948 bits per heavy atom. The maximum Gasteiger partial charge on any atom is 0.416 e. The van der Waals surface area contributed by atoms with Crippen molar-refractivity contribution in [3.8, 4) is 50.8 Å². The quantitative estimate of drug-likeness (QED) is 0.172. The molecule has 3 nitrogen and oxygen atoms in total. The molecule has 0 bridgehead atoms. The molecule has 10 aromatic rings. The molecule has 0 aliphatic carbocycles. The summed E-state index contributed by atoms with van der Waals surface area (Å²) >= 11 is 0. The highest BCUT2D eigenvalue weighted by Crippen LogP contribution is 2.43. The second-order valence-electron chi connectivity index (χ2n) is 15.0. The highest BCUT2D eigenvalue weighted by molar-refractivity contribution is 6.12. The van der Waals surface area contributed by atoms with Crippen LogP contribution in [0, 0.1) is 25.2 Å². The van der Waals surface area contributed by atoms with E-state index in [-0.39, 0.29) is 0 Å². The first kappa shape index (κ1) is 35.1. The number of nitrogens with zero attached hydrogens (tertiary/aromatic N) is 3. The molecule has 6 heteroatoms. The van der Waals surface area contributed by atoms with Crippen molar-refractivity contribution in [3.05, 3.63) is 192 Å². The average molecular weight is 758 g/mol. The third kappa shape index (κ3) is 5.74. The molecule has 0 saturated heterocycles. The van der Waals surface area contributed by atoms with Gasteiger partial charge in [0.05, 0.1) is 44.6 Å². The fraction of sp³-hybridized carbons (Fsp3) is 0.0577. The molecule has 278 valence electrons. The van der Waals surface area contributed by atoms with Gasteiger partial charge in [0, 0.05) is 27.1 Å². The lowest BCUT2D eigenvalue weighted by Gasteiger charge is -2.20. The summed E-state index contributed by atoms with van der Waals surface area (Å²) in [6.07, 6.45) is -4.56. The number of aryl methyl sites for hydroxylation is 2. The van der Waals surface area contributed by atoms with Crippen LogP contribution in [0.2, 0.25) is 0 Å². The smallest absolute Gasteiger partial charge is 0.309 e. The number of nitriles is 1. The summed E-state index contributed by atoms with van der Waals surface area (Å²) in [6, 6.07) is 57.8. The third-order valence-electron chi connectivity index (χ3n) is 11.3. The van der Waals surface area contributed by atoms with E-state index in [2.05, 4.69) is 107 Å². The van der Waals surface area contributed by atoms with Gasteiger partial charge in [0.1, 0.15) is 6.07 Å². The maximum absolute atomic E-state index is 14.5. The zero-order valence-electron chi connectivity index (χ0n) is 31.6. The molecule has 8 aromatic carbocycles. The summed E-state index contributed by atoms with van der Waals surface area (Å²) in [6.45, 7) is 3.75. The molecule has 2 aromatic heterocycles. The highest BCUT2D eigenvalue weighted by atomic mass is 19.4. The van der Waals surface area contributed by atoms with Gasteiger partial charge in [-0.3, -0.25) is 0 Å². The first-order chi connectivity index (χ1) is 28.2. The van der Waals surface area contributed by atoms with Crippen LogP contribution in [-0.4, -0.2) is 9.13 Å². The van der Waals surface area contributed by atoms with Gasteiger partial charge in [0.25, 0.3) is 0 Å². The van der Waals surface area contributed by atoms with Crippen molar-refractivity contribution in [2.75, 3.05) is 0 Å². The Morgan fingerprint density at radius 1 is 0.431 bits per heavy atom. The Balaban J connectivity index is 1.29. The minimum absolute atomic E-state index is 0.388. The first-order valence-corrected chi connectivity index (χ1v) is 19.1. The number of fused-ring (bicyclic) bond motifs is 6. The van der Waals surface area contributed by atoms with Crippen LogP contribution in [0.3, 0.4) is 0 Å². The minimum Gasteiger partial charge on any atom is -0.309 e.